The highest BCUT2D eigenvalue weighted by Crippen LogP contribution is 2.57. The summed E-state index contributed by atoms with van der Waals surface area (Å²) >= 11 is 0. The third-order valence-corrected chi connectivity index (χ3v) is 5.84. The molecule has 2 rings (SSSR count). The highest BCUT2D eigenvalue weighted by atomic mass is 16.3. The number of carbonyl (C=O) groups excluding carboxylic acids is 1. The Morgan fingerprint density at radius 2 is 2.11 bits per heavy atom. The van der Waals surface area contributed by atoms with E-state index in [1.807, 2.05) is 13.8 Å². The highest BCUT2D eigenvalue weighted by molar-refractivity contribution is 5.83. The van der Waals surface area contributed by atoms with Crippen molar-refractivity contribution in [3.05, 3.63) is 0 Å². The molecule has 0 amide bonds. The van der Waals surface area contributed by atoms with Crippen molar-refractivity contribution >= 4 is 5.78 Å². The van der Waals surface area contributed by atoms with Gasteiger partial charge in [0.2, 0.25) is 0 Å². The molecular weight excluding hydrogens is 236 g/mol. The number of hydrogen-bond donors (Lipinski definition) is 1. The summed E-state index contributed by atoms with van der Waals surface area (Å²) in [6, 6.07) is 0. The summed E-state index contributed by atoms with van der Waals surface area (Å²) in [7, 11) is 0. The monoisotopic (exact) mass is 266 g/mol. The molecule has 2 nitrogen and oxygen atoms in total. The molecule has 19 heavy (non-hydrogen) atoms. The van der Waals surface area contributed by atoms with Crippen LogP contribution in [-0.2, 0) is 4.79 Å². The molecule has 0 aromatic rings. The van der Waals surface area contributed by atoms with Gasteiger partial charge in [0.1, 0.15) is 5.78 Å². The number of Topliss-reactive ketones (excluding diaryl/α,β-unsaturated/α-hetero) is 1. The summed E-state index contributed by atoms with van der Waals surface area (Å²) in [6.45, 7) is 8.46. The van der Waals surface area contributed by atoms with E-state index in [-0.39, 0.29) is 5.41 Å². The largest absolute Gasteiger partial charge is 0.390 e. The minimum atomic E-state index is -0.560. The predicted molar refractivity (Wildman–Crippen MR) is 77.9 cm³/mol. The SMILES string of the molecule is C[C@H](CCC(C)(C)O)[C@@H]1CC[C@H]2C(=O)CCC[C@@]21C. The van der Waals surface area contributed by atoms with Crippen molar-refractivity contribution in [3.8, 4) is 0 Å². The van der Waals surface area contributed by atoms with Crippen LogP contribution in [-0.4, -0.2) is 16.5 Å². The molecule has 2 aliphatic rings. The van der Waals surface area contributed by atoms with Gasteiger partial charge in [0.05, 0.1) is 5.60 Å². The van der Waals surface area contributed by atoms with Crippen LogP contribution in [0.3, 0.4) is 0 Å². The molecule has 0 saturated heterocycles. The maximum Gasteiger partial charge on any atom is 0.136 e. The van der Waals surface area contributed by atoms with E-state index < -0.39 is 5.60 Å². The fourth-order valence-electron chi connectivity index (χ4n) is 4.69. The van der Waals surface area contributed by atoms with Crippen LogP contribution in [0.4, 0.5) is 0 Å². The summed E-state index contributed by atoms with van der Waals surface area (Å²) in [5, 5.41) is 9.89. The molecule has 0 unspecified atom stereocenters. The molecule has 0 aromatic heterocycles. The van der Waals surface area contributed by atoms with Crippen molar-refractivity contribution in [2.45, 2.75) is 78.2 Å². The van der Waals surface area contributed by atoms with Crippen molar-refractivity contribution in [2.24, 2.45) is 23.2 Å². The van der Waals surface area contributed by atoms with E-state index >= 15 is 0 Å². The fourth-order valence-corrected chi connectivity index (χ4v) is 4.69. The zero-order valence-corrected chi connectivity index (χ0v) is 13.0. The average Bonchev–Trinajstić information content (AvgIpc) is 2.64. The molecule has 2 fully saturated rings. The quantitative estimate of drug-likeness (QED) is 0.836. The van der Waals surface area contributed by atoms with Crippen LogP contribution < -0.4 is 0 Å². The summed E-state index contributed by atoms with van der Waals surface area (Å²) in [5.74, 6) is 2.14. The lowest BCUT2D eigenvalue weighted by Crippen LogP contribution is -2.39. The lowest BCUT2D eigenvalue weighted by atomic mass is 9.62. The maximum atomic E-state index is 12.1. The number of ketones is 1. The number of fused-ring (bicyclic) bond motifs is 1. The first-order chi connectivity index (χ1) is 8.74. The Hall–Kier alpha value is -0.370. The maximum absolute atomic E-state index is 12.1. The molecule has 2 aliphatic carbocycles. The van der Waals surface area contributed by atoms with Crippen LogP contribution >= 0.6 is 0 Å². The van der Waals surface area contributed by atoms with Gasteiger partial charge in [0.25, 0.3) is 0 Å². The Bertz CT molecular complexity index is 342. The second kappa shape index (κ2) is 5.20. The van der Waals surface area contributed by atoms with Crippen molar-refractivity contribution in [1.29, 1.82) is 0 Å². The van der Waals surface area contributed by atoms with Gasteiger partial charge in [-0.15, -0.1) is 0 Å². The lowest BCUT2D eigenvalue weighted by Gasteiger charge is -2.42. The van der Waals surface area contributed by atoms with Crippen molar-refractivity contribution < 1.29 is 9.90 Å². The van der Waals surface area contributed by atoms with Gasteiger partial charge >= 0.3 is 0 Å². The molecule has 0 spiro atoms. The average molecular weight is 266 g/mol. The van der Waals surface area contributed by atoms with E-state index in [1.54, 1.807) is 0 Å². The molecule has 0 bridgehead atoms. The molecule has 110 valence electrons. The Balaban J connectivity index is 2.02. The zero-order valence-electron chi connectivity index (χ0n) is 13.0. The molecule has 0 aromatic carbocycles. The van der Waals surface area contributed by atoms with Gasteiger partial charge in [-0.2, -0.15) is 0 Å². The fraction of sp³-hybridized carbons (Fsp3) is 0.941. The summed E-state index contributed by atoms with van der Waals surface area (Å²) in [6.07, 6.45) is 7.36. The minimum absolute atomic E-state index is 0.244. The molecule has 0 aliphatic heterocycles. The van der Waals surface area contributed by atoms with Crippen molar-refractivity contribution in [3.63, 3.8) is 0 Å². The van der Waals surface area contributed by atoms with E-state index in [9.17, 15) is 9.90 Å². The van der Waals surface area contributed by atoms with Gasteiger partial charge in [-0.1, -0.05) is 13.8 Å². The Kier molecular flexibility index (Phi) is 4.11. The van der Waals surface area contributed by atoms with Gasteiger partial charge < -0.3 is 5.11 Å². The van der Waals surface area contributed by atoms with Crippen molar-refractivity contribution in [2.75, 3.05) is 0 Å². The van der Waals surface area contributed by atoms with E-state index in [1.165, 1.54) is 12.8 Å². The number of aliphatic hydroxyl groups is 1. The molecule has 2 heteroatoms. The van der Waals surface area contributed by atoms with Crippen LogP contribution in [0.15, 0.2) is 0 Å². The molecular formula is C17H30O2. The van der Waals surface area contributed by atoms with E-state index in [0.29, 0.717) is 23.5 Å². The Morgan fingerprint density at radius 3 is 2.74 bits per heavy atom. The molecule has 1 N–H and O–H groups in total. The van der Waals surface area contributed by atoms with Crippen LogP contribution in [0.25, 0.3) is 0 Å². The van der Waals surface area contributed by atoms with Crippen LogP contribution in [0.2, 0.25) is 0 Å². The summed E-state index contributed by atoms with van der Waals surface area (Å²) in [5.41, 5.74) is -0.316. The van der Waals surface area contributed by atoms with Gasteiger partial charge in [-0.25, -0.2) is 0 Å². The first-order valence-corrected chi connectivity index (χ1v) is 7.99. The normalized spacial score (nSPS) is 37.2. The second-order valence-corrected chi connectivity index (χ2v) is 7.89. The van der Waals surface area contributed by atoms with Crippen LogP contribution in [0.5, 0.6) is 0 Å². The summed E-state index contributed by atoms with van der Waals surface area (Å²) < 4.78 is 0. The standard InChI is InChI=1S/C17H30O2/c1-12(9-11-16(2,3)19)13-7-8-14-15(18)6-5-10-17(13,14)4/h12-14,19H,5-11H2,1-4H3/t12-,13+,14+,17-/m1/s1. The number of rotatable bonds is 4. The van der Waals surface area contributed by atoms with E-state index in [4.69, 9.17) is 0 Å². The first kappa shape index (κ1) is 15.0. The third kappa shape index (κ3) is 3.04. The minimum Gasteiger partial charge on any atom is -0.390 e. The summed E-state index contributed by atoms with van der Waals surface area (Å²) in [4.78, 5) is 12.1. The number of carbonyl (C=O) groups is 1. The van der Waals surface area contributed by atoms with Gasteiger partial charge in [0, 0.05) is 12.3 Å². The molecule has 2 saturated carbocycles. The van der Waals surface area contributed by atoms with Crippen molar-refractivity contribution in [1.82, 2.24) is 0 Å². The topological polar surface area (TPSA) is 37.3 Å². The van der Waals surface area contributed by atoms with E-state index in [2.05, 4.69) is 13.8 Å². The Morgan fingerprint density at radius 1 is 1.42 bits per heavy atom. The van der Waals surface area contributed by atoms with Gasteiger partial charge in [-0.05, 0) is 69.6 Å². The highest BCUT2D eigenvalue weighted by Gasteiger charge is 2.52. The molecule has 0 radical (unpaired) electrons. The first-order valence-electron chi connectivity index (χ1n) is 7.99. The van der Waals surface area contributed by atoms with Crippen LogP contribution in [0, 0.1) is 23.2 Å². The van der Waals surface area contributed by atoms with Crippen LogP contribution in [0.1, 0.15) is 72.6 Å². The lowest BCUT2D eigenvalue weighted by molar-refractivity contribution is -0.130. The predicted octanol–water partition coefficient (Wildman–Crippen LogP) is 3.96. The zero-order chi connectivity index (χ0) is 14.3. The molecule has 4 atom stereocenters. The van der Waals surface area contributed by atoms with E-state index in [0.717, 1.165) is 32.1 Å². The third-order valence-electron chi connectivity index (χ3n) is 5.84. The Labute approximate surface area is 118 Å². The molecule has 0 heterocycles. The second-order valence-electron chi connectivity index (χ2n) is 7.89. The van der Waals surface area contributed by atoms with Gasteiger partial charge in [0.15, 0.2) is 0 Å². The van der Waals surface area contributed by atoms with Gasteiger partial charge in [-0.3, -0.25) is 4.79 Å². The number of hydrogen-bond acceptors (Lipinski definition) is 2. The smallest absolute Gasteiger partial charge is 0.136 e.